The van der Waals surface area contributed by atoms with Gasteiger partial charge in [-0.1, -0.05) is 30.3 Å². The first-order valence-corrected chi connectivity index (χ1v) is 10.6. The molecule has 6 heteroatoms. The summed E-state index contributed by atoms with van der Waals surface area (Å²) in [5.41, 5.74) is 4.30. The van der Waals surface area contributed by atoms with Crippen LogP contribution in [0.25, 0.3) is 11.4 Å². The van der Waals surface area contributed by atoms with Crippen LogP contribution in [-0.2, 0) is 24.9 Å². The highest BCUT2D eigenvalue weighted by Gasteiger charge is 2.44. The lowest BCUT2D eigenvalue weighted by atomic mass is 9.76. The van der Waals surface area contributed by atoms with E-state index in [1.54, 1.807) is 0 Å². The van der Waals surface area contributed by atoms with E-state index in [9.17, 15) is 4.79 Å². The van der Waals surface area contributed by atoms with Crippen LogP contribution in [0.4, 0.5) is 0 Å². The molecule has 1 aliphatic heterocycles. The van der Waals surface area contributed by atoms with Gasteiger partial charge in [-0.2, -0.15) is 5.10 Å². The molecule has 2 aromatic heterocycles. The fraction of sp³-hybridized carbons (Fsp3) is 0.435. The Kier molecular flexibility index (Phi) is 4.59. The summed E-state index contributed by atoms with van der Waals surface area (Å²) in [6.45, 7) is 6.03. The van der Waals surface area contributed by atoms with Gasteiger partial charge in [0.25, 0.3) is 5.56 Å². The molecule has 1 fully saturated rings. The third-order valence-corrected chi connectivity index (χ3v) is 6.65. The molecule has 0 radical (unpaired) electrons. The molecule has 1 aromatic carbocycles. The average molecular weight is 390 g/mol. The van der Waals surface area contributed by atoms with Gasteiger partial charge in [-0.25, -0.2) is 4.98 Å². The van der Waals surface area contributed by atoms with Crippen LogP contribution >= 0.6 is 0 Å². The topological polar surface area (TPSA) is 66.8 Å². The monoisotopic (exact) mass is 389 g/mol. The Morgan fingerprint density at radius 1 is 1.14 bits per heavy atom. The molecular weight excluding hydrogens is 362 g/mol. The van der Waals surface area contributed by atoms with E-state index in [1.807, 2.05) is 41.2 Å². The number of nitrogens with one attached hydrogen (secondary N) is 1. The third kappa shape index (κ3) is 3.31. The van der Waals surface area contributed by atoms with E-state index >= 15 is 0 Å². The van der Waals surface area contributed by atoms with Gasteiger partial charge < -0.3 is 4.98 Å². The van der Waals surface area contributed by atoms with E-state index in [-0.39, 0.29) is 11.0 Å². The highest BCUT2D eigenvalue weighted by molar-refractivity contribution is 5.55. The molecule has 1 N–H and O–H groups in total. The van der Waals surface area contributed by atoms with Crippen molar-refractivity contribution in [1.82, 2.24) is 24.6 Å². The average Bonchev–Trinajstić information content (AvgIpc) is 3.36. The summed E-state index contributed by atoms with van der Waals surface area (Å²) in [7, 11) is 0. The van der Waals surface area contributed by atoms with E-state index in [1.165, 1.54) is 5.56 Å². The zero-order chi connectivity index (χ0) is 19.8. The molecule has 1 saturated heterocycles. The Balaban J connectivity index is 1.37. The smallest absolute Gasteiger partial charge is 0.254 e. The SMILES string of the molecule is CCn1cc(CN2CCC3(CCc4c3nc(-c3ccccc3)[nH]c4=O)CC2)cn1. The van der Waals surface area contributed by atoms with Crippen molar-refractivity contribution >= 4 is 0 Å². The van der Waals surface area contributed by atoms with Crippen molar-refractivity contribution in [3.8, 4) is 11.4 Å². The van der Waals surface area contributed by atoms with Crippen molar-refractivity contribution in [1.29, 1.82) is 0 Å². The molecular formula is C23H27N5O. The second-order valence-corrected chi connectivity index (χ2v) is 8.37. The molecule has 0 unspecified atom stereocenters. The molecule has 0 amide bonds. The Labute approximate surface area is 170 Å². The van der Waals surface area contributed by atoms with E-state index in [0.29, 0.717) is 5.82 Å². The van der Waals surface area contributed by atoms with Gasteiger partial charge >= 0.3 is 0 Å². The van der Waals surface area contributed by atoms with Crippen LogP contribution in [0.15, 0.2) is 47.5 Å². The number of aromatic nitrogens is 4. The van der Waals surface area contributed by atoms with Crippen LogP contribution < -0.4 is 5.56 Å². The Hall–Kier alpha value is -2.73. The minimum absolute atomic E-state index is 0.0418. The Morgan fingerprint density at radius 2 is 1.93 bits per heavy atom. The van der Waals surface area contributed by atoms with Gasteiger partial charge in [-0.05, 0) is 45.7 Å². The standard InChI is InChI=1S/C23H27N5O/c1-2-28-16-17(14-24-28)15-27-12-10-23(11-13-27)9-8-19-20(23)25-21(26-22(19)29)18-6-4-3-5-7-18/h3-7,14,16H,2,8-13,15H2,1H3,(H,25,26,29). The maximum atomic E-state index is 12.8. The molecule has 29 heavy (non-hydrogen) atoms. The predicted octanol–water partition coefficient (Wildman–Crippen LogP) is 3.13. The number of hydrogen-bond donors (Lipinski definition) is 1. The molecule has 6 nitrogen and oxygen atoms in total. The van der Waals surface area contributed by atoms with Crippen molar-refractivity contribution in [3.05, 3.63) is 69.9 Å². The quantitative estimate of drug-likeness (QED) is 0.744. The summed E-state index contributed by atoms with van der Waals surface area (Å²) in [5.74, 6) is 0.699. The van der Waals surface area contributed by atoms with Crippen molar-refractivity contribution < 1.29 is 0 Å². The molecule has 1 spiro atoms. The molecule has 5 rings (SSSR count). The summed E-state index contributed by atoms with van der Waals surface area (Å²) >= 11 is 0. The van der Waals surface area contributed by atoms with E-state index < -0.39 is 0 Å². The summed E-state index contributed by atoms with van der Waals surface area (Å²) in [4.78, 5) is 23.3. The van der Waals surface area contributed by atoms with Gasteiger partial charge in [0.1, 0.15) is 5.82 Å². The molecule has 1 aliphatic carbocycles. The second kappa shape index (κ2) is 7.26. The number of fused-ring (bicyclic) bond motifs is 2. The van der Waals surface area contributed by atoms with Gasteiger partial charge in [0, 0.05) is 41.4 Å². The summed E-state index contributed by atoms with van der Waals surface area (Å²) < 4.78 is 1.98. The van der Waals surface area contributed by atoms with Crippen molar-refractivity contribution in [2.75, 3.05) is 13.1 Å². The largest absolute Gasteiger partial charge is 0.306 e. The Morgan fingerprint density at radius 3 is 2.66 bits per heavy atom. The fourth-order valence-corrected chi connectivity index (χ4v) is 4.93. The number of piperidine rings is 1. The molecule has 2 aliphatic rings. The van der Waals surface area contributed by atoms with Crippen molar-refractivity contribution in [2.45, 2.75) is 51.1 Å². The number of aryl methyl sites for hydroxylation is 1. The van der Waals surface area contributed by atoms with Crippen LogP contribution in [0.2, 0.25) is 0 Å². The highest BCUT2D eigenvalue weighted by atomic mass is 16.1. The molecule has 0 saturated carbocycles. The lowest BCUT2D eigenvalue weighted by Gasteiger charge is -2.39. The number of rotatable bonds is 4. The molecule has 3 heterocycles. The lowest BCUT2D eigenvalue weighted by molar-refractivity contribution is 0.150. The fourth-order valence-electron chi connectivity index (χ4n) is 4.93. The van der Waals surface area contributed by atoms with Crippen LogP contribution in [0, 0.1) is 0 Å². The molecule has 0 atom stereocenters. The van der Waals surface area contributed by atoms with Crippen molar-refractivity contribution in [2.24, 2.45) is 0 Å². The summed E-state index contributed by atoms with van der Waals surface area (Å²) in [6, 6.07) is 9.96. The minimum atomic E-state index is 0.0418. The maximum absolute atomic E-state index is 12.8. The lowest BCUT2D eigenvalue weighted by Crippen LogP contribution is -2.41. The van der Waals surface area contributed by atoms with E-state index in [2.05, 4.69) is 28.1 Å². The maximum Gasteiger partial charge on any atom is 0.254 e. The van der Waals surface area contributed by atoms with Gasteiger partial charge in [0.05, 0.1) is 11.9 Å². The van der Waals surface area contributed by atoms with Gasteiger partial charge in [-0.3, -0.25) is 14.4 Å². The zero-order valence-corrected chi connectivity index (χ0v) is 16.9. The number of likely N-dealkylation sites (tertiary alicyclic amines) is 1. The second-order valence-electron chi connectivity index (χ2n) is 8.37. The summed E-state index contributed by atoms with van der Waals surface area (Å²) in [5, 5.41) is 4.39. The number of nitrogens with zero attached hydrogens (tertiary/aromatic N) is 4. The first kappa shape index (κ1) is 18.3. The van der Waals surface area contributed by atoms with Crippen LogP contribution in [-0.4, -0.2) is 37.7 Å². The molecule has 3 aromatic rings. The number of H-pyrrole nitrogens is 1. The Bertz CT molecular complexity index is 1060. The van der Waals surface area contributed by atoms with Gasteiger partial charge in [0.15, 0.2) is 0 Å². The van der Waals surface area contributed by atoms with Crippen molar-refractivity contribution in [3.63, 3.8) is 0 Å². The molecule has 150 valence electrons. The molecule has 0 bridgehead atoms. The van der Waals surface area contributed by atoms with E-state index in [4.69, 9.17) is 4.98 Å². The zero-order valence-electron chi connectivity index (χ0n) is 16.9. The summed E-state index contributed by atoms with van der Waals surface area (Å²) in [6.07, 6.45) is 8.13. The van der Waals surface area contributed by atoms with Crippen LogP contribution in [0.1, 0.15) is 43.0 Å². The minimum Gasteiger partial charge on any atom is -0.306 e. The van der Waals surface area contributed by atoms with Gasteiger partial charge in [-0.15, -0.1) is 0 Å². The normalized spacial score (nSPS) is 18.2. The number of benzene rings is 1. The van der Waals surface area contributed by atoms with E-state index in [0.717, 1.165) is 68.7 Å². The first-order chi connectivity index (χ1) is 14.2. The highest BCUT2D eigenvalue weighted by Crippen LogP contribution is 2.44. The first-order valence-electron chi connectivity index (χ1n) is 10.6. The van der Waals surface area contributed by atoms with Crippen LogP contribution in [0.5, 0.6) is 0 Å². The third-order valence-electron chi connectivity index (χ3n) is 6.65. The van der Waals surface area contributed by atoms with Gasteiger partial charge in [0.2, 0.25) is 0 Å². The van der Waals surface area contributed by atoms with Crippen LogP contribution in [0.3, 0.4) is 0 Å². The predicted molar refractivity (Wildman–Crippen MR) is 113 cm³/mol. The number of aromatic amines is 1. The number of hydrogen-bond acceptors (Lipinski definition) is 4.